The Balaban J connectivity index is 2.26. The smallest absolute Gasteiger partial charge is 0.319 e. The largest absolute Gasteiger partial charge is 0.385 e. The van der Waals surface area contributed by atoms with Crippen LogP contribution in [0.3, 0.4) is 0 Å². The van der Waals surface area contributed by atoms with Crippen molar-refractivity contribution in [2.45, 2.75) is 6.42 Å². The fourth-order valence-corrected chi connectivity index (χ4v) is 1.49. The summed E-state index contributed by atoms with van der Waals surface area (Å²) in [5.41, 5.74) is 0.796. The highest BCUT2D eigenvalue weighted by Crippen LogP contribution is 2.10. The monoisotopic (exact) mass is 334 g/mol. The van der Waals surface area contributed by atoms with E-state index in [-0.39, 0.29) is 6.03 Å². The summed E-state index contributed by atoms with van der Waals surface area (Å²) in [5.74, 6) is 0. The minimum absolute atomic E-state index is 0.183. The fourth-order valence-electron chi connectivity index (χ4n) is 1.13. The van der Waals surface area contributed by atoms with Crippen molar-refractivity contribution in [1.82, 2.24) is 5.32 Å². The topological polar surface area (TPSA) is 50.4 Å². The van der Waals surface area contributed by atoms with Gasteiger partial charge in [0.15, 0.2) is 0 Å². The summed E-state index contributed by atoms with van der Waals surface area (Å²) in [6.07, 6.45) is 0.816. The quantitative estimate of drug-likeness (QED) is 0.642. The van der Waals surface area contributed by atoms with E-state index in [1.54, 1.807) is 7.11 Å². The van der Waals surface area contributed by atoms with Crippen LogP contribution in [-0.2, 0) is 4.74 Å². The Kier molecular flexibility index (Phi) is 6.17. The number of amides is 2. The highest BCUT2D eigenvalue weighted by Gasteiger charge is 1.99. The van der Waals surface area contributed by atoms with Gasteiger partial charge in [0.2, 0.25) is 0 Å². The molecule has 0 atom stereocenters. The van der Waals surface area contributed by atoms with Crippen LogP contribution in [0.4, 0.5) is 10.5 Å². The summed E-state index contributed by atoms with van der Waals surface area (Å²) in [6.45, 7) is 1.27. The molecule has 0 saturated heterocycles. The van der Waals surface area contributed by atoms with Crippen LogP contribution in [0.15, 0.2) is 24.3 Å². The van der Waals surface area contributed by atoms with Crippen molar-refractivity contribution in [1.29, 1.82) is 0 Å². The second-order valence-electron chi connectivity index (χ2n) is 3.23. The molecule has 0 aromatic heterocycles. The Morgan fingerprint density at radius 3 is 2.69 bits per heavy atom. The lowest BCUT2D eigenvalue weighted by Crippen LogP contribution is -2.29. The van der Waals surface area contributed by atoms with E-state index in [0.29, 0.717) is 13.2 Å². The fraction of sp³-hybridized carbons (Fsp3) is 0.364. The van der Waals surface area contributed by atoms with Crippen LogP contribution in [0.5, 0.6) is 0 Å². The number of nitrogens with one attached hydrogen (secondary N) is 2. The van der Waals surface area contributed by atoms with Crippen molar-refractivity contribution in [2.24, 2.45) is 0 Å². The number of anilines is 1. The first-order valence-corrected chi connectivity index (χ1v) is 6.09. The predicted molar refractivity (Wildman–Crippen MR) is 72.7 cm³/mol. The SMILES string of the molecule is COCCCNC(=O)Nc1ccc(I)cc1. The zero-order valence-corrected chi connectivity index (χ0v) is 11.3. The van der Waals surface area contributed by atoms with Crippen LogP contribution in [-0.4, -0.2) is 26.3 Å². The molecule has 0 aliphatic carbocycles. The third kappa shape index (κ3) is 5.32. The summed E-state index contributed by atoms with van der Waals surface area (Å²) in [5, 5.41) is 5.50. The number of ether oxygens (including phenoxy) is 1. The van der Waals surface area contributed by atoms with Crippen LogP contribution in [0, 0.1) is 3.57 Å². The van der Waals surface area contributed by atoms with Crippen LogP contribution >= 0.6 is 22.6 Å². The van der Waals surface area contributed by atoms with Crippen LogP contribution < -0.4 is 10.6 Å². The molecule has 2 N–H and O–H groups in total. The van der Waals surface area contributed by atoms with Gasteiger partial charge < -0.3 is 15.4 Å². The summed E-state index contributed by atoms with van der Waals surface area (Å²) < 4.78 is 6.02. The van der Waals surface area contributed by atoms with Crippen LogP contribution in [0.25, 0.3) is 0 Å². The molecule has 0 radical (unpaired) electrons. The van der Waals surface area contributed by atoms with Gasteiger partial charge in [-0.3, -0.25) is 0 Å². The van der Waals surface area contributed by atoms with E-state index in [4.69, 9.17) is 4.74 Å². The number of hydrogen-bond donors (Lipinski definition) is 2. The van der Waals surface area contributed by atoms with Gasteiger partial charge in [-0.25, -0.2) is 4.79 Å². The van der Waals surface area contributed by atoms with Crippen molar-refractivity contribution >= 4 is 34.3 Å². The number of rotatable bonds is 5. The van der Waals surface area contributed by atoms with E-state index < -0.39 is 0 Å². The molecule has 1 rings (SSSR count). The number of benzene rings is 1. The number of methoxy groups -OCH3 is 1. The molecule has 1 aromatic rings. The molecule has 0 saturated carbocycles. The number of carbonyl (C=O) groups excluding carboxylic acids is 1. The Morgan fingerprint density at radius 2 is 2.06 bits per heavy atom. The Bertz CT molecular complexity index is 327. The lowest BCUT2D eigenvalue weighted by molar-refractivity contribution is 0.194. The predicted octanol–water partition coefficient (Wildman–Crippen LogP) is 2.45. The van der Waals surface area contributed by atoms with E-state index in [2.05, 4.69) is 33.2 Å². The van der Waals surface area contributed by atoms with Gasteiger partial charge in [0.05, 0.1) is 0 Å². The molecule has 0 fully saturated rings. The normalized spacial score (nSPS) is 9.88. The van der Waals surface area contributed by atoms with Crippen molar-refractivity contribution in [3.63, 3.8) is 0 Å². The van der Waals surface area contributed by atoms with Crippen molar-refractivity contribution in [3.8, 4) is 0 Å². The number of halogens is 1. The first-order chi connectivity index (χ1) is 7.72. The third-order valence-corrected chi connectivity index (χ3v) is 2.63. The Hall–Kier alpha value is -0.820. The number of urea groups is 1. The van der Waals surface area contributed by atoms with Crippen molar-refractivity contribution < 1.29 is 9.53 Å². The maximum Gasteiger partial charge on any atom is 0.319 e. The second-order valence-corrected chi connectivity index (χ2v) is 4.48. The molecule has 4 nitrogen and oxygen atoms in total. The standard InChI is InChI=1S/C11H15IN2O2/c1-16-8-2-7-13-11(15)14-10-5-3-9(12)4-6-10/h3-6H,2,7-8H2,1H3,(H2,13,14,15). The van der Waals surface area contributed by atoms with Crippen LogP contribution in [0.2, 0.25) is 0 Å². The highest BCUT2D eigenvalue weighted by atomic mass is 127. The molecule has 0 bridgehead atoms. The van der Waals surface area contributed by atoms with Gasteiger partial charge in [0, 0.05) is 29.5 Å². The lowest BCUT2D eigenvalue weighted by atomic mass is 10.3. The minimum Gasteiger partial charge on any atom is -0.385 e. The molecule has 0 aliphatic rings. The van der Waals surface area contributed by atoms with Gasteiger partial charge in [-0.15, -0.1) is 0 Å². The first-order valence-electron chi connectivity index (χ1n) is 5.01. The van der Waals surface area contributed by atoms with E-state index in [9.17, 15) is 4.79 Å². The lowest BCUT2D eigenvalue weighted by Gasteiger charge is -2.07. The molecular formula is C11H15IN2O2. The first kappa shape index (κ1) is 13.2. The van der Waals surface area contributed by atoms with E-state index >= 15 is 0 Å². The molecule has 0 unspecified atom stereocenters. The maximum atomic E-state index is 11.4. The molecule has 88 valence electrons. The summed E-state index contributed by atoms with van der Waals surface area (Å²) in [4.78, 5) is 11.4. The van der Waals surface area contributed by atoms with Gasteiger partial charge in [-0.1, -0.05) is 0 Å². The molecule has 0 spiro atoms. The second kappa shape index (κ2) is 7.45. The van der Waals surface area contributed by atoms with Crippen molar-refractivity contribution in [2.75, 3.05) is 25.6 Å². The van der Waals surface area contributed by atoms with Gasteiger partial charge in [0.1, 0.15) is 0 Å². The Morgan fingerprint density at radius 1 is 1.38 bits per heavy atom. The number of hydrogen-bond acceptors (Lipinski definition) is 2. The molecule has 0 heterocycles. The summed E-state index contributed by atoms with van der Waals surface area (Å²) >= 11 is 2.22. The van der Waals surface area contributed by atoms with Crippen molar-refractivity contribution in [3.05, 3.63) is 27.8 Å². The van der Waals surface area contributed by atoms with E-state index in [1.807, 2.05) is 24.3 Å². The molecule has 0 aliphatic heterocycles. The van der Waals surface area contributed by atoms with Gasteiger partial charge in [-0.2, -0.15) is 0 Å². The molecule has 2 amide bonds. The zero-order valence-electron chi connectivity index (χ0n) is 9.13. The average molecular weight is 334 g/mol. The van der Waals surface area contributed by atoms with Gasteiger partial charge >= 0.3 is 6.03 Å². The van der Waals surface area contributed by atoms with Gasteiger partial charge in [-0.05, 0) is 53.3 Å². The number of carbonyl (C=O) groups is 1. The Labute approximate surface area is 109 Å². The molecular weight excluding hydrogens is 319 g/mol. The molecule has 1 aromatic carbocycles. The van der Waals surface area contributed by atoms with Gasteiger partial charge in [0.25, 0.3) is 0 Å². The van der Waals surface area contributed by atoms with E-state index in [0.717, 1.165) is 15.7 Å². The molecule has 5 heteroatoms. The molecule has 16 heavy (non-hydrogen) atoms. The maximum absolute atomic E-state index is 11.4. The highest BCUT2D eigenvalue weighted by molar-refractivity contribution is 14.1. The third-order valence-electron chi connectivity index (χ3n) is 1.91. The summed E-state index contributed by atoms with van der Waals surface area (Å²) in [6, 6.07) is 7.45. The van der Waals surface area contributed by atoms with Crippen LogP contribution in [0.1, 0.15) is 6.42 Å². The minimum atomic E-state index is -0.183. The van der Waals surface area contributed by atoms with E-state index in [1.165, 1.54) is 0 Å². The zero-order chi connectivity index (χ0) is 11.8. The summed E-state index contributed by atoms with van der Waals surface area (Å²) in [7, 11) is 1.64. The average Bonchev–Trinajstić information content (AvgIpc) is 2.28.